The lowest BCUT2D eigenvalue weighted by Gasteiger charge is -2.07. The maximum atomic E-state index is 12.5. The lowest BCUT2D eigenvalue weighted by Crippen LogP contribution is -2.21. The number of amides is 1. The SMILES string of the molecule is O=C(NC1=CCc2ncc(Br)cc21)c1cnn(Cc2ccccc2)c1. The largest absolute Gasteiger partial charge is 0.322 e. The van der Waals surface area contributed by atoms with Crippen LogP contribution in [0.5, 0.6) is 0 Å². The molecule has 2 aromatic heterocycles. The van der Waals surface area contributed by atoms with Crippen molar-refractivity contribution < 1.29 is 4.79 Å². The molecule has 5 nitrogen and oxygen atoms in total. The summed E-state index contributed by atoms with van der Waals surface area (Å²) in [6.07, 6.45) is 7.83. The van der Waals surface area contributed by atoms with Crippen LogP contribution in [-0.2, 0) is 13.0 Å². The first-order valence-corrected chi connectivity index (χ1v) is 8.71. The topological polar surface area (TPSA) is 59.8 Å². The quantitative estimate of drug-likeness (QED) is 0.737. The predicted octanol–water partition coefficient (Wildman–Crippen LogP) is 3.42. The smallest absolute Gasteiger partial charge is 0.258 e. The van der Waals surface area contributed by atoms with E-state index in [1.807, 2.05) is 42.5 Å². The summed E-state index contributed by atoms with van der Waals surface area (Å²) in [5.74, 6) is -0.168. The molecule has 0 unspecified atom stereocenters. The molecule has 0 bridgehead atoms. The summed E-state index contributed by atoms with van der Waals surface area (Å²) >= 11 is 3.42. The van der Waals surface area contributed by atoms with Crippen LogP contribution in [-0.4, -0.2) is 20.7 Å². The van der Waals surface area contributed by atoms with Gasteiger partial charge >= 0.3 is 0 Å². The second-order valence-corrected chi connectivity index (χ2v) is 6.75. The van der Waals surface area contributed by atoms with Crippen molar-refractivity contribution in [2.75, 3.05) is 0 Å². The van der Waals surface area contributed by atoms with Crippen LogP contribution < -0.4 is 5.32 Å². The number of benzene rings is 1. The Labute approximate surface area is 153 Å². The molecule has 6 heteroatoms. The molecule has 1 aliphatic rings. The molecule has 124 valence electrons. The zero-order valence-corrected chi connectivity index (χ0v) is 14.9. The van der Waals surface area contributed by atoms with Gasteiger partial charge in [-0.05, 0) is 27.6 Å². The summed E-state index contributed by atoms with van der Waals surface area (Å²) in [5.41, 5.74) is 4.40. The summed E-state index contributed by atoms with van der Waals surface area (Å²) in [6, 6.07) is 12.0. The van der Waals surface area contributed by atoms with E-state index in [-0.39, 0.29) is 5.91 Å². The van der Waals surface area contributed by atoms with Gasteiger partial charge in [-0.2, -0.15) is 5.10 Å². The molecular formula is C19H15BrN4O. The van der Waals surface area contributed by atoms with Gasteiger partial charge in [-0.3, -0.25) is 14.5 Å². The fourth-order valence-corrected chi connectivity index (χ4v) is 3.15. The number of carbonyl (C=O) groups excluding carboxylic acids is 1. The van der Waals surface area contributed by atoms with Crippen molar-refractivity contribution in [2.45, 2.75) is 13.0 Å². The van der Waals surface area contributed by atoms with Gasteiger partial charge in [0.2, 0.25) is 0 Å². The van der Waals surface area contributed by atoms with Crippen LogP contribution in [0.1, 0.15) is 27.2 Å². The van der Waals surface area contributed by atoms with Crippen molar-refractivity contribution in [1.29, 1.82) is 0 Å². The molecule has 3 aromatic rings. The highest BCUT2D eigenvalue weighted by atomic mass is 79.9. The first-order chi connectivity index (χ1) is 12.2. The molecule has 2 heterocycles. The molecule has 0 saturated carbocycles. The Kier molecular flexibility index (Phi) is 4.19. The number of halogens is 1. The molecule has 0 aliphatic heterocycles. The molecule has 0 spiro atoms. The van der Waals surface area contributed by atoms with Gasteiger partial charge in [0.05, 0.1) is 24.0 Å². The van der Waals surface area contributed by atoms with E-state index in [4.69, 9.17) is 0 Å². The van der Waals surface area contributed by atoms with E-state index in [0.29, 0.717) is 12.1 Å². The number of fused-ring (bicyclic) bond motifs is 1. The fourth-order valence-electron chi connectivity index (χ4n) is 2.82. The molecule has 0 saturated heterocycles. The van der Waals surface area contributed by atoms with Crippen LogP contribution in [0.3, 0.4) is 0 Å². The maximum Gasteiger partial charge on any atom is 0.258 e. The molecule has 1 N–H and O–H groups in total. The third-order valence-corrected chi connectivity index (χ3v) is 4.49. The highest BCUT2D eigenvalue weighted by Gasteiger charge is 2.19. The van der Waals surface area contributed by atoms with Gasteiger partial charge in [0, 0.05) is 34.5 Å². The van der Waals surface area contributed by atoms with Crippen molar-refractivity contribution in [1.82, 2.24) is 20.1 Å². The van der Waals surface area contributed by atoms with Crippen molar-refractivity contribution >= 4 is 27.5 Å². The molecule has 4 rings (SSSR count). The zero-order chi connectivity index (χ0) is 17.2. The van der Waals surface area contributed by atoms with E-state index >= 15 is 0 Å². The Bertz CT molecular complexity index is 963. The number of carbonyl (C=O) groups is 1. The predicted molar refractivity (Wildman–Crippen MR) is 98.9 cm³/mol. The van der Waals surface area contributed by atoms with Gasteiger partial charge < -0.3 is 5.32 Å². The Morgan fingerprint density at radius 1 is 1.24 bits per heavy atom. The molecular weight excluding hydrogens is 380 g/mol. The number of allylic oxidation sites excluding steroid dienone is 1. The van der Waals surface area contributed by atoms with Crippen LogP contribution in [0.4, 0.5) is 0 Å². The van der Waals surface area contributed by atoms with Crippen LogP contribution in [0.2, 0.25) is 0 Å². The average molecular weight is 395 g/mol. The number of rotatable bonds is 4. The van der Waals surface area contributed by atoms with E-state index in [1.54, 1.807) is 23.3 Å². The van der Waals surface area contributed by atoms with Gasteiger partial charge in [-0.25, -0.2) is 0 Å². The van der Waals surface area contributed by atoms with Crippen LogP contribution in [0.15, 0.2) is 65.5 Å². The maximum absolute atomic E-state index is 12.5. The number of hydrogen-bond donors (Lipinski definition) is 1. The van der Waals surface area contributed by atoms with E-state index in [0.717, 1.165) is 33.4 Å². The summed E-state index contributed by atoms with van der Waals surface area (Å²) in [6.45, 7) is 0.635. The summed E-state index contributed by atoms with van der Waals surface area (Å²) < 4.78 is 2.66. The normalized spacial score (nSPS) is 12.6. The summed E-state index contributed by atoms with van der Waals surface area (Å²) in [4.78, 5) is 16.9. The molecule has 0 fully saturated rings. The first-order valence-electron chi connectivity index (χ1n) is 7.92. The Morgan fingerprint density at radius 3 is 2.92 bits per heavy atom. The number of hydrogen-bond acceptors (Lipinski definition) is 3. The second-order valence-electron chi connectivity index (χ2n) is 5.84. The minimum atomic E-state index is -0.168. The minimum Gasteiger partial charge on any atom is -0.322 e. The van der Waals surface area contributed by atoms with E-state index in [1.165, 1.54) is 0 Å². The molecule has 1 aromatic carbocycles. The van der Waals surface area contributed by atoms with Gasteiger partial charge in [0.15, 0.2) is 0 Å². The highest BCUT2D eigenvalue weighted by Crippen LogP contribution is 2.26. The third kappa shape index (κ3) is 3.39. The Balaban J connectivity index is 1.47. The number of nitrogens with one attached hydrogen (secondary N) is 1. The average Bonchev–Trinajstić information content (AvgIpc) is 3.23. The number of nitrogens with zero attached hydrogens (tertiary/aromatic N) is 3. The lowest BCUT2D eigenvalue weighted by atomic mass is 10.2. The molecule has 1 amide bonds. The highest BCUT2D eigenvalue weighted by molar-refractivity contribution is 9.10. The monoisotopic (exact) mass is 394 g/mol. The number of pyridine rings is 1. The van der Waals surface area contributed by atoms with Crippen LogP contribution in [0, 0.1) is 0 Å². The van der Waals surface area contributed by atoms with E-state index in [2.05, 4.69) is 31.3 Å². The van der Waals surface area contributed by atoms with Gasteiger partial charge in [0.25, 0.3) is 5.91 Å². The molecule has 0 radical (unpaired) electrons. The van der Waals surface area contributed by atoms with E-state index < -0.39 is 0 Å². The fraction of sp³-hybridized carbons (Fsp3) is 0.105. The Hall–Kier alpha value is -2.73. The zero-order valence-electron chi connectivity index (χ0n) is 13.3. The standard InChI is InChI=1S/C19H15BrN4O/c20-15-8-16-17(21-10-15)6-7-18(16)23-19(25)14-9-22-24(12-14)11-13-4-2-1-3-5-13/h1-5,7-10,12H,6,11H2,(H,23,25). The van der Waals surface area contributed by atoms with Crippen molar-refractivity contribution in [3.63, 3.8) is 0 Å². The van der Waals surface area contributed by atoms with E-state index in [9.17, 15) is 4.79 Å². The first kappa shape index (κ1) is 15.8. The van der Waals surface area contributed by atoms with Gasteiger partial charge in [0.1, 0.15) is 0 Å². The van der Waals surface area contributed by atoms with Crippen LogP contribution >= 0.6 is 15.9 Å². The van der Waals surface area contributed by atoms with Crippen LogP contribution in [0.25, 0.3) is 5.70 Å². The minimum absolute atomic E-state index is 0.168. The molecule has 25 heavy (non-hydrogen) atoms. The Morgan fingerprint density at radius 2 is 2.08 bits per heavy atom. The summed E-state index contributed by atoms with van der Waals surface area (Å²) in [7, 11) is 0. The molecule has 0 atom stereocenters. The molecule has 1 aliphatic carbocycles. The van der Waals surface area contributed by atoms with Crippen molar-refractivity contribution in [2.24, 2.45) is 0 Å². The number of aromatic nitrogens is 3. The van der Waals surface area contributed by atoms with Gasteiger partial charge in [-0.1, -0.05) is 36.4 Å². The lowest BCUT2D eigenvalue weighted by molar-refractivity contribution is 0.0973. The van der Waals surface area contributed by atoms with Crippen molar-refractivity contribution in [3.05, 3.63) is 87.9 Å². The third-order valence-electron chi connectivity index (χ3n) is 4.06. The second kappa shape index (κ2) is 6.64. The van der Waals surface area contributed by atoms with Gasteiger partial charge in [-0.15, -0.1) is 0 Å². The van der Waals surface area contributed by atoms with Crippen molar-refractivity contribution in [3.8, 4) is 0 Å². The summed E-state index contributed by atoms with van der Waals surface area (Å²) in [5, 5.41) is 7.25.